The number of hydrogen-bond acceptors (Lipinski definition) is 5. The molecule has 0 aliphatic carbocycles. The Balaban J connectivity index is 1.84. The molecule has 0 bridgehead atoms. The van der Waals surface area contributed by atoms with Crippen molar-refractivity contribution in [2.45, 2.75) is 12.1 Å². The molecular formula is C20H18ClN3O2S2. The number of pyridine rings is 1. The van der Waals surface area contributed by atoms with E-state index in [0.717, 1.165) is 26.3 Å². The number of aromatic nitrogens is 1. The van der Waals surface area contributed by atoms with Crippen LogP contribution in [-0.2, 0) is 0 Å². The molecule has 1 N–H and O–H groups in total. The molecule has 1 aromatic carbocycles. The molecule has 1 aliphatic rings. The second kappa shape index (κ2) is 7.95. The SMILES string of the molecule is COc1ccc(N2C(=S)N[C@@H](c3ccccn3)[C@@H]2c2ccc(Cl)s2)c(OC)c1. The fraction of sp³-hybridized carbons (Fsp3) is 0.200. The summed E-state index contributed by atoms with van der Waals surface area (Å²) < 4.78 is 11.7. The maximum absolute atomic E-state index is 6.25. The van der Waals surface area contributed by atoms with Crippen LogP contribution in [0.25, 0.3) is 0 Å². The topological polar surface area (TPSA) is 46.6 Å². The van der Waals surface area contributed by atoms with Crippen LogP contribution in [0.1, 0.15) is 22.7 Å². The van der Waals surface area contributed by atoms with Crippen LogP contribution >= 0.6 is 35.2 Å². The summed E-state index contributed by atoms with van der Waals surface area (Å²) in [5, 5.41) is 4.03. The monoisotopic (exact) mass is 431 g/mol. The molecule has 1 aliphatic heterocycles. The summed E-state index contributed by atoms with van der Waals surface area (Å²) in [6.45, 7) is 0. The molecule has 1 saturated heterocycles. The molecule has 3 aromatic rings. The second-order valence-electron chi connectivity index (χ2n) is 6.18. The summed E-state index contributed by atoms with van der Waals surface area (Å²) in [5.74, 6) is 1.40. The number of nitrogens with one attached hydrogen (secondary N) is 1. The molecule has 5 nitrogen and oxygen atoms in total. The van der Waals surface area contributed by atoms with Gasteiger partial charge in [-0.25, -0.2) is 0 Å². The van der Waals surface area contributed by atoms with E-state index in [4.69, 9.17) is 33.3 Å². The van der Waals surface area contributed by atoms with Gasteiger partial charge in [-0.2, -0.15) is 0 Å². The smallest absolute Gasteiger partial charge is 0.174 e. The number of methoxy groups -OCH3 is 2. The van der Waals surface area contributed by atoms with Crippen molar-refractivity contribution in [3.63, 3.8) is 0 Å². The largest absolute Gasteiger partial charge is 0.497 e. The van der Waals surface area contributed by atoms with Crippen LogP contribution in [0.3, 0.4) is 0 Å². The summed E-state index contributed by atoms with van der Waals surface area (Å²) >= 11 is 13.5. The van der Waals surface area contributed by atoms with Gasteiger partial charge in [0, 0.05) is 17.1 Å². The van der Waals surface area contributed by atoms with E-state index in [-0.39, 0.29) is 12.1 Å². The van der Waals surface area contributed by atoms with Gasteiger partial charge in [-0.05, 0) is 48.6 Å². The first kappa shape index (κ1) is 19.0. The van der Waals surface area contributed by atoms with Gasteiger partial charge in [0.05, 0.1) is 42.0 Å². The highest BCUT2D eigenvalue weighted by Gasteiger charge is 2.42. The molecule has 28 heavy (non-hydrogen) atoms. The molecule has 3 heterocycles. The summed E-state index contributed by atoms with van der Waals surface area (Å²) in [5.41, 5.74) is 1.77. The van der Waals surface area contributed by atoms with Crippen molar-refractivity contribution in [2.24, 2.45) is 0 Å². The number of hydrogen-bond donors (Lipinski definition) is 1. The normalized spacial score (nSPS) is 18.8. The van der Waals surface area contributed by atoms with Crippen LogP contribution in [0.5, 0.6) is 11.5 Å². The molecule has 8 heteroatoms. The van der Waals surface area contributed by atoms with Crippen molar-refractivity contribution in [1.82, 2.24) is 10.3 Å². The molecule has 0 spiro atoms. The van der Waals surface area contributed by atoms with Crippen LogP contribution in [0.15, 0.2) is 54.7 Å². The minimum atomic E-state index is -0.116. The number of thiocarbonyl (C=S) groups is 1. The predicted molar refractivity (Wildman–Crippen MR) is 117 cm³/mol. The van der Waals surface area contributed by atoms with E-state index in [1.165, 1.54) is 11.3 Å². The third kappa shape index (κ3) is 3.41. The third-order valence-electron chi connectivity index (χ3n) is 4.63. The maximum atomic E-state index is 6.25. The Morgan fingerprint density at radius 1 is 1.14 bits per heavy atom. The fourth-order valence-electron chi connectivity index (χ4n) is 3.37. The lowest BCUT2D eigenvalue weighted by atomic mass is 10.0. The van der Waals surface area contributed by atoms with Gasteiger partial charge >= 0.3 is 0 Å². The Bertz CT molecular complexity index is 996. The highest BCUT2D eigenvalue weighted by Crippen LogP contribution is 2.47. The van der Waals surface area contributed by atoms with Crippen LogP contribution in [0.2, 0.25) is 4.34 Å². The van der Waals surface area contributed by atoms with E-state index in [0.29, 0.717) is 10.9 Å². The van der Waals surface area contributed by atoms with Crippen LogP contribution in [-0.4, -0.2) is 24.3 Å². The van der Waals surface area contributed by atoms with Crippen molar-refractivity contribution in [3.05, 3.63) is 69.6 Å². The zero-order chi connectivity index (χ0) is 19.7. The first-order valence-electron chi connectivity index (χ1n) is 8.60. The molecule has 0 amide bonds. The summed E-state index contributed by atoms with van der Waals surface area (Å²) in [7, 11) is 3.27. The molecule has 2 atom stereocenters. The second-order valence-corrected chi connectivity index (χ2v) is 8.31. The lowest BCUT2D eigenvalue weighted by Gasteiger charge is -2.28. The highest BCUT2D eigenvalue weighted by molar-refractivity contribution is 7.80. The van der Waals surface area contributed by atoms with Gasteiger partial charge in [-0.15, -0.1) is 11.3 Å². The van der Waals surface area contributed by atoms with Gasteiger partial charge in [-0.3, -0.25) is 4.98 Å². The molecule has 4 rings (SSSR count). The Morgan fingerprint density at radius 2 is 2.00 bits per heavy atom. The molecule has 0 unspecified atom stereocenters. The van der Waals surface area contributed by atoms with Crippen LogP contribution in [0.4, 0.5) is 5.69 Å². The minimum Gasteiger partial charge on any atom is -0.497 e. The number of nitrogens with zero attached hydrogens (tertiary/aromatic N) is 2. The minimum absolute atomic E-state index is 0.109. The first-order valence-corrected chi connectivity index (χ1v) is 10.2. The first-order chi connectivity index (χ1) is 13.6. The van der Waals surface area contributed by atoms with Crippen molar-refractivity contribution in [3.8, 4) is 11.5 Å². The number of benzene rings is 1. The number of halogens is 1. The van der Waals surface area contributed by atoms with E-state index in [1.54, 1.807) is 20.4 Å². The Kier molecular flexibility index (Phi) is 5.39. The standard InChI is InChI=1S/C20H18ClN3O2S2/c1-25-12-6-7-14(15(11-12)26-2)24-19(16-8-9-17(21)28-16)18(23-20(24)27)13-5-3-4-10-22-13/h3-11,18-19H,1-2H3,(H,23,27)/t18-,19-/m0/s1. The van der Waals surface area contributed by atoms with Crippen LogP contribution < -0.4 is 19.7 Å². The number of ether oxygens (including phenoxy) is 2. The van der Waals surface area contributed by atoms with Gasteiger partial charge in [0.15, 0.2) is 5.11 Å². The van der Waals surface area contributed by atoms with Gasteiger partial charge in [0.2, 0.25) is 0 Å². The average Bonchev–Trinajstić information content (AvgIpc) is 3.30. The Labute approximate surface area is 177 Å². The van der Waals surface area contributed by atoms with Crippen molar-refractivity contribution >= 4 is 46.0 Å². The number of anilines is 1. The van der Waals surface area contributed by atoms with Gasteiger partial charge in [-0.1, -0.05) is 17.7 Å². The van der Waals surface area contributed by atoms with Crippen molar-refractivity contribution in [2.75, 3.05) is 19.1 Å². The molecule has 144 valence electrons. The average molecular weight is 432 g/mol. The van der Waals surface area contributed by atoms with Gasteiger partial charge in [0.1, 0.15) is 11.5 Å². The lowest BCUT2D eigenvalue weighted by molar-refractivity contribution is 0.394. The van der Waals surface area contributed by atoms with Gasteiger partial charge in [0.25, 0.3) is 0 Å². The van der Waals surface area contributed by atoms with E-state index in [1.807, 2.05) is 48.5 Å². The molecular weight excluding hydrogens is 414 g/mol. The molecule has 1 fully saturated rings. The zero-order valence-corrected chi connectivity index (χ0v) is 17.6. The Hall–Kier alpha value is -2.35. The summed E-state index contributed by atoms with van der Waals surface area (Å²) in [6, 6.07) is 15.3. The third-order valence-corrected chi connectivity index (χ3v) is 6.25. The maximum Gasteiger partial charge on any atom is 0.174 e. The quantitative estimate of drug-likeness (QED) is 0.574. The van der Waals surface area contributed by atoms with Crippen molar-refractivity contribution in [1.29, 1.82) is 0 Å². The lowest BCUT2D eigenvalue weighted by Crippen LogP contribution is -2.29. The molecule has 0 radical (unpaired) electrons. The van der Waals surface area contributed by atoms with E-state index < -0.39 is 0 Å². The van der Waals surface area contributed by atoms with E-state index in [9.17, 15) is 0 Å². The number of thiophene rings is 1. The van der Waals surface area contributed by atoms with Gasteiger partial charge < -0.3 is 19.7 Å². The van der Waals surface area contributed by atoms with Crippen molar-refractivity contribution < 1.29 is 9.47 Å². The highest BCUT2D eigenvalue weighted by atomic mass is 35.5. The summed E-state index contributed by atoms with van der Waals surface area (Å²) in [6.07, 6.45) is 1.79. The molecule has 2 aromatic heterocycles. The van der Waals surface area contributed by atoms with E-state index in [2.05, 4.69) is 15.2 Å². The van der Waals surface area contributed by atoms with E-state index >= 15 is 0 Å². The molecule has 0 saturated carbocycles. The Morgan fingerprint density at radius 3 is 2.64 bits per heavy atom. The predicted octanol–water partition coefficient (Wildman–Crippen LogP) is 4.99. The fourth-order valence-corrected chi connectivity index (χ4v) is 4.90. The van der Waals surface area contributed by atoms with Crippen LogP contribution in [0, 0.1) is 0 Å². The zero-order valence-electron chi connectivity index (χ0n) is 15.3. The number of rotatable bonds is 5. The summed E-state index contributed by atoms with van der Waals surface area (Å²) in [4.78, 5) is 7.70.